The van der Waals surface area contributed by atoms with Crippen LogP contribution in [0.25, 0.3) is 0 Å². The lowest BCUT2D eigenvalue weighted by Crippen LogP contribution is -2.29. The molecule has 0 saturated heterocycles. The lowest BCUT2D eigenvalue weighted by Gasteiger charge is -2.20. The summed E-state index contributed by atoms with van der Waals surface area (Å²) < 4.78 is 4.64. The second-order valence-corrected chi connectivity index (χ2v) is 2.95. The lowest BCUT2D eigenvalue weighted by atomic mass is 9.99. The molecular formula is C8H16O4. The molecule has 72 valence electrons. The minimum absolute atomic E-state index is 0.0681. The SMILES string of the molecule is CCOC(=O)CC(C)(O)CCO. The molecule has 0 fully saturated rings. The van der Waals surface area contributed by atoms with Crippen LogP contribution in [0.5, 0.6) is 0 Å². The Balaban J connectivity index is 3.79. The summed E-state index contributed by atoms with van der Waals surface area (Å²) in [6.07, 6.45) is 0.118. The van der Waals surface area contributed by atoms with E-state index < -0.39 is 11.6 Å². The van der Waals surface area contributed by atoms with Crippen LogP contribution in [0, 0.1) is 0 Å². The van der Waals surface area contributed by atoms with Gasteiger partial charge in [-0.15, -0.1) is 0 Å². The third-order valence-electron chi connectivity index (χ3n) is 1.48. The quantitative estimate of drug-likeness (QED) is 0.582. The Morgan fingerprint density at radius 2 is 2.17 bits per heavy atom. The number of hydrogen-bond acceptors (Lipinski definition) is 4. The summed E-state index contributed by atoms with van der Waals surface area (Å²) >= 11 is 0. The van der Waals surface area contributed by atoms with E-state index in [0.29, 0.717) is 6.61 Å². The van der Waals surface area contributed by atoms with Gasteiger partial charge in [-0.1, -0.05) is 0 Å². The maximum absolute atomic E-state index is 10.9. The first-order valence-corrected chi connectivity index (χ1v) is 4.00. The van der Waals surface area contributed by atoms with Crippen molar-refractivity contribution in [3.05, 3.63) is 0 Å². The van der Waals surface area contributed by atoms with Gasteiger partial charge in [0.25, 0.3) is 0 Å². The molecule has 0 aromatic rings. The van der Waals surface area contributed by atoms with Crippen LogP contribution in [0.2, 0.25) is 0 Å². The van der Waals surface area contributed by atoms with Crippen LogP contribution in [0.15, 0.2) is 0 Å². The normalized spacial score (nSPS) is 15.3. The molecule has 0 aromatic heterocycles. The van der Waals surface area contributed by atoms with Crippen molar-refractivity contribution in [1.29, 1.82) is 0 Å². The number of carbonyl (C=O) groups is 1. The molecule has 0 rings (SSSR count). The Morgan fingerprint density at radius 3 is 2.58 bits per heavy atom. The van der Waals surface area contributed by atoms with Crippen LogP contribution >= 0.6 is 0 Å². The average Bonchev–Trinajstić information content (AvgIpc) is 1.85. The van der Waals surface area contributed by atoms with Crippen LogP contribution in [-0.4, -0.2) is 35.0 Å². The number of hydrogen-bond donors (Lipinski definition) is 2. The first-order valence-electron chi connectivity index (χ1n) is 4.00. The van der Waals surface area contributed by atoms with Gasteiger partial charge in [0, 0.05) is 6.61 Å². The molecule has 0 bridgehead atoms. The van der Waals surface area contributed by atoms with Crippen LogP contribution in [0.4, 0.5) is 0 Å². The third kappa shape index (κ3) is 5.09. The van der Waals surface area contributed by atoms with Gasteiger partial charge in [-0.3, -0.25) is 4.79 Å². The molecule has 0 aliphatic carbocycles. The second kappa shape index (κ2) is 5.11. The molecular weight excluding hydrogens is 160 g/mol. The fourth-order valence-electron chi connectivity index (χ4n) is 0.852. The molecule has 0 aliphatic heterocycles. The Morgan fingerprint density at radius 1 is 1.58 bits per heavy atom. The van der Waals surface area contributed by atoms with Crippen molar-refractivity contribution in [3.8, 4) is 0 Å². The molecule has 0 heterocycles. The number of ether oxygens (including phenoxy) is 1. The molecule has 0 aliphatic rings. The Labute approximate surface area is 72.2 Å². The van der Waals surface area contributed by atoms with Gasteiger partial charge in [0.05, 0.1) is 18.6 Å². The van der Waals surface area contributed by atoms with Gasteiger partial charge >= 0.3 is 5.97 Å². The predicted molar refractivity (Wildman–Crippen MR) is 43.6 cm³/mol. The van der Waals surface area contributed by atoms with Crippen LogP contribution in [0.3, 0.4) is 0 Å². The monoisotopic (exact) mass is 176 g/mol. The molecule has 0 aromatic carbocycles. The molecule has 4 nitrogen and oxygen atoms in total. The van der Waals surface area contributed by atoms with Crippen molar-refractivity contribution in [2.45, 2.75) is 32.3 Å². The van der Waals surface area contributed by atoms with Crippen molar-refractivity contribution in [2.24, 2.45) is 0 Å². The summed E-state index contributed by atoms with van der Waals surface area (Å²) in [7, 11) is 0. The summed E-state index contributed by atoms with van der Waals surface area (Å²) in [5.74, 6) is -0.434. The summed E-state index contributed by atoms with van der Waals surface area (Å²) in [5, 5.41) is 18.0. The highest BCUT2D eigenvalue weighted by Gasteiger charge is 2.24. The average molecular weight is 176 g/mol. The van der Waals surface area contributed by atoms with Crippen molar-refractivity contribution >= 4 is 5.97 Å². The predicted octanol–water partition coefficient (Wildman–Crippen LogP) is 0.0730. The minimum atomic E-state index is -1.15. The van der Waals surface area contributed by atoms with Crippen molar-refractivity contribution < 1.29 is 19.7 Å². The zero-order chi connectivity index (χ0) is 9.61. The molecule has 1 unspecified atom stereocenters. The maximum Gasteiger partial charge on any atom is 0.308 e. The molecule has 12 heavy (non-hydrogen) atoms. The number of aliphatic hydroxyl groups is 2. The Hall–Kier alpha value is -0.610. The Kier molecular flexibility index (Phi) is 4.85. The van der Waals surface area contributed by atoms with E-state index in [2.05, 4.69) is 4.74 Å². The number of aliphatic hydroxyl groups excluding tert-OH is 1. The van der Waals surface area contributed by atoms with Crippen LogP contribution < -0.4 is 0 Å². The van der Waals surface area contributed by atoms with Crippen molar-refractivity contribution in [1.82, 2.24) is 0 Å². The minimum Gasteiger partial charge on any atom is -0.466 e. The fraction of sp³-hybridized carbons (Fsp3) is 0.875. The molecule has 0 spiro atoms. The first-order chi connectivity index (χ1) is 5.52. The fourth-order valence-corrected chi connectivity index (χ4v) is 0.852. The van der Waals surface area contributed by atoms with Crippen LogP contribution in [-0.2, 0) is 9.53 Å². The molecule has 0 radical (unpaired) electrons. The van der Waals surface area contributed by atoms with E-state index in [1.807, 2.05) is 0 Å². The molecule has 4 heteroatoms. The third-order valence-corrected chi connectivity index (χ3v) is 1.48. The van der Waals surface area contributed by atoms with E-state index in [4.69, 9.17) is 5.11 Å². The molecule has 1 atom stereocenters. The highest BCUT2D eigenvalue weighted by molar-refractivity contribution is 5.70. The number of rotatable bonds is 5. The van der Waals surface area contributed by atoms with Crippen molar-refractivity contribution in [2.75, 3.05) is 13.2 Å². The van der Waals surface area contributed by atoms with Gasteiger partial charge in [-0.05, 0) is 20.3 Å². The number of carbonyl (C=O) groups excluding carboxylic acids is 1. The topological polar surface area (TPSA) is 66.8 Å². The maximum atomic E-state index is 10.9. The van der Waals surface area contributed by atoms with Gasteiger partial charge in [-0.25, -0.2) is 0 Å². The van der Waals surface area contributed by atoms with E-state index in [0.717, 1.165) is 0 Å². The lowest BCUT2D eigenvalue weighted by molar-refractivity contribution is -0.148. The van der Waals surface area contributed by atoms with E-state index in [-0.39, 0.29) is 19.4 Å². The first kappa shape index (κ1) is 11.4. The van der Waals surface area contributed by atoms with Gasteiger partial charge in [0.15, 0.2) is 0 Å². The van der Waals surface area contributed by atoms with E-state index in [9.17, 15) is 9.90 Å². The highest BCUT2D eigenvalue weighted by atomic mass is 16.5. The zero-order valence-corrected chi connectivity index (χ0v) is 7.54. The summed E-state index contributed by atoms with van der Waals surface area (Å²) in [5.41, 5.74) is -1.15. The second-order valence-electron chi connectivity index (χ2n) is 2.95. The van der Waals surface area contributed by atoms with E-state index >= 15 is 0 Å². The van der Waals surface area contributed by atoms with Gasteiger partial charge in [0.2, 0.25) is 0 Å². The number of esters is 1. The molecule has 0 amide bonds. The smallest absolute Gasteiger partial charge is 0.308 e. The van der Waals surface area contributed by atoms with E-state index in [1.54, 1.807) is 6.92 Å². The molecule has 2 N–H and O–H groups in total. The van der Waals surface area contributed by atoms with E-state index in [1.165, 1.54) is 6.92 Å². The highest BCUT2D eigenvalue weighted by Crippen LogP contribution is 2.14. The Bertz CT molecular complexity index is 142. The standard InChI is InChI=1S/C8H16O4/c1-3-12-7(10)6-8(2,11)4-5-9/h9,11H,3-6H2,1-2H3. The summed E-state index contributed by atoms with van der Waals surface area (Å²) in [6, 6.07) is 0. The van der Waals surface area contributed by atoms with Crippen molar-refractivity contribution in [3.63, 3.8) is 0 Å². The van der Waals surface area contributed by atoms with Gasteiger partial charge in [-0.2, -0.15) is 0 Å². The summed E-state index contributed by atoms with van der Waals surface area (Å²) in [4.78, 5) is 10.9. The summed E-state index contributed by atoms with van der Waals surface area (Å²) in [6.45, 7) is 3.39. The zero-order valence-electron chi connectivity index (χ0n) is 7.54. The van der Waals surface area contributed by atoms with Gasteiger partial charge < -0.3 is 14.9 Å². The molecule has 0 saturated carbocycles. The van der Waals surface area contributed by atoms with Crippen LogP contribution in [0.1, 0.15) is 26.7 Å². The van der Waals surface area contributed by atoms with Gasteiger partial charge in [0.1, 0.15) is 0 Å². The largest absolute Gasteiger partial charge is 0.466 e.